The molecule has 11 heteroatoms. The van der Waals surface area contributed by atoms with Crippen molar-refractivity contribution in [1.29, 1.82) is 0 Å². The van der Waals surface area contributed by atoms with Crippen LogP contribution in [0.15, 0.2) is 53.6 Å². The molecule has 0 atom stereocenters. The van der Waals surface area contributed by atoms with E-state index in [0.717, 1.165) is 43.9 Å². The Labute approximate surface area is 235 Å². The van der Waals surface area contributed by atoms with Crippen molar-refractivity contribution in [2.45, 2.75) is 56.6 Å². The highest BCUT2D eigenvalue weighted by Crippen LogP contribution is 2.37. The summed E-state index contributed by atoms with van der Waals surface area (Å²) in [7, 11) is -1.86. The van der Waals surface area contributed by atoms with Crippen LogP contribution < -0.4 is 15.4 Å². The average molecular weight is 564 g/mol. The average Bonchev–Trinajstić information content (AvgIpc) is 3.42. The van der Waals surface area contributed by atoms with E-state index in [0.29, 0.717) is 29.1 Å². The zero-order chi connectivity index (χ0) is 28.4. The van der Waals surface area contributed by atoms with Crippen LogP contribution in [-0.4, -0.2) is 64.9 Å². The molecule has 4 aromatic rings. The van der Waals surface area contributed by atoms with E-state index in [1.54, 1.807) is 57.5 Å². The van der Waals surface area contributed by atoms with Crippen LogP contribution in [-0.2, 0) is 9.84 Å². The number of hydrogen-bond acceptors (Lipinski definition) is 9. The van der Waals surface area contributed by atoms with Gasteiger partial charge >= 0.3 is 0 Å². The van der Waals surface area contributed by atoms with Crippen molar-refractivity contribution in [1.82, 2.24) is 24.5 Å². The van der Waals surface area contributed by atoms with Gasteiger partial charge in [0.15, 0.2) is 15.5 Å². The molecule has 2 N–H and O–H groups in total. The molecule has 1 aliphatic rings. The summed E-state index contributed by atoms with van der Waals surface area (Å²) < 4.78 is 33.4. The number of aromatic nitrogens is 4. The van der Waals surface area contributed by atoms with Gasteiger partial charge in [-0.05, 0) is 94.6 Å². The quantitative estimate of drug-likeness (QED) is 0.280. The molecule has 2 aromatic heterocycles. The van der Waals surface area contributed by atoms with Crippen LogP contribution in [0, 0.1) is 6.92 Å². The SMILES string of the molecule is CCN1CCC(c2cc(OC)c(Nc3nc(Nc4ccccc4S(=O)(=O)C(C)C)n4nccc4n3)cc2C)CC1. The summed E-state index contributed by atoms with van der Waals surface area (Å²) in [6.45, 7) is 11.0. The molecule has 0 saturated carbocycles. The molecule has 5 rings (SSSR count). The molecule has 40 heavy (non-hydrogen) atoms. The smallest absolute Gasteiger partial charge is 0.233 e. The lowest BCUT2D eigenvalue weighted by molar-refractivity contribution is 0.222. The van der Waals surface area contributed by atoms with Crippen LogP contribution in [0.2, 0.25) is 0 Å². The maximum absolute atomic E-state index is 13.0. The van der Waals surface area contributed by atoms with Gasteiger partial charge in [0.25, 0.3) is 0 Å². The van der Waals surface area contributed by atoms with Gasteiger partial charge in [-0.15, -0.1) is 0 Å². The largest absolute Gasteiger partial charge is 0.495 e. The van der Waals surface area contributed by atoms with E-state index in [4.69, 9.17) is 4.74 Å². The van der Waals surface area contributed by atoms with E-state index in [2.05, 4.69) is 56.6 Å². The molecular formula is C29H37N7O3S. The summed E-state index contributed by atoms with van der Waals surface area (Å²) in [5, 5.41) is 10.3. The van der Waals surface area contributed by atoms with Gasteiger partial charge in [0, 0.05) is 6.07 Å². The Balaban J connectivity index is 1.47. The van der Waals surface area contributed by atoms with E-state index in [1.165, 1.54) is 15.6 Å². The van der Waals surface area contributed by atoms with Crippen LogP contribution in [0.25, 0.3) is 5.65 Å². The third-order valence-corrected chi connectivity index (χ3v) is 9.84. The second kappa shape index (κ2) is 11.4. The number of aryl methyl sites for hydroxylation is 1. The first-order chi connectivity index (χ1) is 19.2. The number of sulfone groups is 1. The molecule has 0 aliphatic carbocycles. The minimum Gasteiger partial charge on any atom is -0.495 e. The summed E-state index contributed by atoms with van der Waals surface area (Å²) in [4.78, 5) is 12.0. The van der Waals surface area contributed by atoms with E-state index >= 15 is 0 Å². The zero-order valence-corrected chi connectivity index (χ0v) is 24.5. The van der Waals surface area contributed by atoms with Crippen LogP contribution in [0.4, 0.5) is 23.3 Å². The first kappa shape index (κ1) is 27.9. The van der Waals surface area contributed by atoms with Crippen LogP contribution >= 0.6 is 0 Å². The van der Waals surface area contributed by atoms with Crippen molar-refractivity contribution in [2.75, 3.05) is 37.4 Å². The topological polar surface area (TPSA) is 114 Å². The van der Waals surface area contributed by atoms with Crippen molar-refractivity contribution in [2.24, 2.45) is 0 Å². The van der Waals surface area contributed by atoms with Crippen molar-refractivity contribution in [3.8, 4) is 5.75 Å². The second-order valence-corrected chi connectivity index (χ2v) is 12.9. The predicted octanol–water partition coefficient (Wildman–Crippen LogP) is 5.31. The maximum Gasteiger partial charge on any atom is 0.233 e. The predicted molar refractivity (Wildman–Crippen MR) is 158 cm³/mol. The first-order valence-electron chi connectivity index (χ1n) is 13.7. The molecule has 1 saturated heterocycles. The number of hydrogen-bond donors (Lipinski definition) is 2. The van der Waals surface area contributed by atoms with Crippen molar-refractivity contribution >= 4 is 38.8 Å². The third kappa shape index (κ3) is 5.48. The summed E-state index contributed by atoms with van der Waals surface area (Å²) in [5.41, 5.74) is 4.24. The molecular weight excluding hydrogens is 526 g/mol. The maximum atomic E-state index is 13.0. The molecule has 1 aliphatic heterocycles. The lowest BCUT2D eigenvalue weighted by Gasteiger charge is -2.32. The van der Waals surface area contributed by atoms with E-state index in [9.17, 15) is 8.42 Å². The minimum atomic E-state index is -3.53. The van der Waals surface area contributed by atoms with Gasteiger partial charge in [-0.3, -0.25) is 0 Å². The summed E-state index contributed by atoms with van der Waals surface area (Å²) in [6.07, 6.45) is 3.89. The molecule has 10 nitrogen and oxygen atoms in total. The zero-order valence-electron chi connectivity index (χ0n) is 23.7. The summed E-state index contributed by atoms with van der Waals surface area (Å²) >= 11 is 0. The summed E-state index contributed by atoms with van der Waals surface area (Å²) in [5.74, 6) is 1.89. The molecule has 0 amide bonds. The monoisotopic (exact) mass is 563 g/mol. The lowest BCUT2D eigenvalue weighted by atomic mass is 9.86. The van der Waals surface area contributed by atoms with Gasteiger partial charge in [-0.2, -0.15) is 19.6 Å². The molecule has 0 spiro atoms. The van der Waals surface area contributed by atoms with Gasteiger partial charge < -0.3 is 20.3 Å². The number of methoxy groups -OCH3 is 1. The standard InChI is InChI=1S/C29H37N7O3S/c1-6-35-15-12-21(13-16-35)22-18-25(39-5)24(17-20(22)4)31-28-33-27-11-14-30-36(27)29(34-28)32-23-9-7-8-10-26(23)40(37,38)19(2)3/h7-11,14,17-19,21H,6,12-13,15-16H2,1-5H3,(H2,31,32,33,34). The Kier molecular flexibility index (Phi) is 7.95. The van der Waals surface area contributed by atoms with Crippen LogP contribution in [0.3, 0.4) is 0 Å². The Hall–Kier alpha value is -3.70. The highest BCUT2D eigenvalue weighted by molar-refractivity contribution is 7.92. The van der Waals surface area contributed by atoms with E-state index in [-0.39, 0.29) is 4.90 Å². The number of rotatable bonds is 9. The normalized spacial score (nSPS) is 15.1. The number of piperidine rings is 1. The Morgan fingerprint density at radius 2 is 1.80 bits per heavy atom. The van der Waals surface area contributed by atoms with Crippen molar-refractivity contribution in [3.05, 3.63) is 59.8 Å². The second-order valence-electron chi connectivity index (χ2n) is 10.4. The fourth-order valence-corrected chi connectivity index (χ4v) is 6.45. The van der Waals surface area contributed by atoms with Gasteiger partial charge in [-0.25, -0.2) is 8.42 Å². The van der Waals surface area contributed by atoms with E-state index in [1.807, 2.05) is 0 Å². The number of fused-ring (bicyclic) bond motifs is 1. The molecule has 212 valence electrons. The number of likely N-dealkylation sites (tertiary alicyclic amines) is 1. The molecule has 0 radical (unpaired) electrons. The fraction of sp³-hybridized carbons (Fsp3) is 0.414. The van der Waals surface area contributed by atoms with Gasteiger partial charge in [-0.1, -0.05) is 19.1 Å². The van der Waals surface area contributed by atoms with Gasteiger partial charge in [0.2, 0.25) is 11.9 Å². The number of para-hydroxylation sites is 1. The molecule has 2 aromatic carbocycles. The molecule has 0 bridgehead atoms. The van der Waals surface area contributed by atoms with Crippen molar-refractivity contribution in [3.63, 3.8) is 0 Å². The van der Waals surface area contributed by atoms with Crippen molar-refractivity contribution < 1.29 is 13.2 Å². The van der Waals surface area contributed by atoms with Gasteiger partial charge in [0.1, 0.15) is 5.75 Å². The first-order valence-corrected chi connectivity index (χ1v) is 15.3. The summed E-state index contributed by atoms with van der Waals surface area (Å²) in [6, 6.07) is 12.8. The highest BCUT2D eigenvalue weighted by atomic mass is 32.2. The molecule has 3 heterocycles. The number of ether oxygens (including phenoxy) is 1. The minimum absolute atomic E-state index is 0.205. The fourth-order valence-electron chi connectivity index (χ4n) is 5.25. The number of nitrogens with zero attached hydrogens (tertiary/aromatic N) is 5. The number of benzene rings is 2. The third-order valence-electron chi connectivity index (χ3n) is 7.63. The van der Waals surface area contributed by atoms with Gasteiger partial charge in [0.05, 0.1) is 34.8 Å². The highest BCUT2D eigenvalue weighted by Gasteiger charge is 2.25. The van der Waals surface area contributed by atoms with E-state index < -0.39 is 15.1 Å². The molecule has 0 unspecified atom stereocenters. The molecule has 1 fully saturated rings. The van der Waals surface area contributed by atoms with Crippen LogP contribution in [0.5, 0.6) is 5.75 Å². The Bertz CT molecular complexity index is 1610. The number of nitrogens with one attached hydrogen (secondary N) is 2. The van der Waals surface area contributed by atoms with Crippen LogP contribution in [0.1, 0.15) is 50.7 Å². The Morgan fingerprint density at radius 3 is 2.50 bits per heavy atom. The number of anilines is 4. The lowest BCUT2D eigenvalue weighted by Crippen LogP contribution is -2.32. The Morgan fingerprint density at radius 1 is 1.05 bits per heavy atom.